The molecule has 50 heavy (non-hydrogen) atoms. The van der Waals surface area contributed by atoms with Gasteiger partial charge in [0.25, 0.3) is 0 Å². The number of amides is 1. The summed E-state index contributed by atoms with van der Waals surface area (Å²) < 4.78 is 91.2. The summed E-state index contributed by atoms with van der Waals surface area (Å²) in [6.45, 7) is 1.21. The van der Waals surface area contributed by atoms with Gasteiger partial charge in [0.05, 0.1) is 18.2 Å². The molecular weight excluding hydrogens is 692 g/mol. The van der Waals surface area contributed by atoms with E-state index in [9.17, 15) is 49.8 Å². The number of nitrogens with zero attached hydrogens (tertiary/aromatic N) is 1. The van der Waals surface area contributed by atoms with Crippen LogP contribution in [0.2, 0.25) is 0 Å². The van der Waals surface area contributed by atoms with E-state index in [0.717, 1.165) is 36.5 Å². The summed E-state index contributed by atoms with van der Waals surface area (Å²) in [6, 6.07) is 13.9. The normalized spacial score (nSPS) is 13.4. The lowest BCUT2D eigenvalue weighted by molar-refractivity contribution is -0.193. The van der Waals surface area contributed by atoms with Gasteiger partial charge in [-0.05, 0) is 59.9 Å². The van der Waals surface area contributed by atoms with Crippen molar-refractivity contribution >= 4 is 29.6 Å². The van der Waals surface area contributed by atoms with Crippen molar-refractivity contribution in [2.45, 2.75) is 56.7 Å². The summed E-state index contributed by atoms with van der Waals surface area (Å²) in [5.41, 5.74) is 2.86. The van der Waals surface area contributed by atoms with Crippen LogP contribution in [0.4, 0.5) is 40.9 Å². The molecule has 2 unspecified atom stereocenters. The number of fused-ring (bicyclic) bond motifs is 1. The molecule has 0 saturated heterocycles. The van der Waals surface area contributed by atoms with E-state index in [4.69, 9.17) is 19.8 Å². The van der Waals surface area contributed by atoms with E-state index in [0.29, 0.717) is 17.7 Å². The molecule has 1 aromatic heterocycles. The summed E-state index contributed by atoms with van der Waals surface area (Å²) in [7, 11) is 0. The van der Waals surface area contributed by atoms with E-state index in [1.54, 1.807) is 18.2 Å². The molecule has 1 amide bonds. The van der Waals surface area contributed by atoms with Crippen molar-refractivity contribution in [1.82, 2.24) is 15.6 Å². The Labute approximate surface area is 278 Å². The zero-order chi connectivity index (χ0) is 37.6. The Bertz CT molecular complexity index is 1610. The Balaban J connectivity index is 0.000000521. The van der Waals surface area contributed by atoms with Crippen molar-refractivity contribution < 1.29 is 69.6 Å². The predicted molar refractivity (Wildman–Crippen MR) is 159 cm³/mol. The fraction of sp³-hybridized carbons (Fsp3) is 0.323. The van der Waals surface area contributed by atoms with Crippen LogP contribution in [-0.4, -0.2) is 63.0 Å². The van der Waals surface area contributed by atoms with Crippen LogP contribution in [0.3, 0.4) is 0 Å². The van der Waals surface area contributed by atoms with Gasteiger partial charge in [0.15, 0.2) is 0 Å². The summed E-state index contributed by atoms with van der Waals surface area (Å²) in [6.07, 6.45) is -8.63. The van der Waals surface area contributed by atoms with Crippen molar-refractivity contribution in [2.24, 2.45) is 0 Å². The number of carboxylic acid groups (broad SMARTS) is 3. The van der Waals surface area contributed by atoms with Crippen LogP contribution in [0.25, 0.3) is 0 Å². The minimum absolute atomic E-state index is 0.0852. The fourth-order valence-electron chi connectivity index (χ4n) is 4.32. The first-order valence-electron chi connectivity index (χ1n) is 14.3. The maximum absolute atomic E-state index is 14.0. The number of halogens is 8. The van der Waals surface area contributed by atoms with Gasteiger partial charge in [0.1, 0.15) is 17.5 Å². The molecule has 0 saturated carbocycles. The Hall–Kier alpha value is -5.33. The lowest BCUT2D eigenvalue weighted by atomic mass is 10.0. The largest absolute Gasteiger partial charge is 0.490 e. The Morgan fingerprint density at radius 1 is 0.780 bits per heavy atom. The smallest absolute Gasteiger partial charge is 0.481 e. The predicted octanol–water partition coefficient (Wildman–Crippen LogP) is 5.54. The molecular formula is C31H30F8N4O7. The van der Waals surface area contributed by atoms with Gasteiger partial charge >= 0.3 is 30.3 Å². The van der Waals surface area contributed by atoms with E-state index in [1.807, 2.05) is 12.1 Å². The van der Waals surface area contributed by atoms with Crippen LogP contribution in [0.15, 0.2) is 60.7 Å². The zero-order valence-corrected chi connectivity index (χ0v) is 25.6. The Morgan fingerprint density at radius 2 is 1.30 bits per heavy atom. The number of aryl methyl sites for hydroxylation is 1. The molecule has 19 heteroatoms. The van der Waals surface area contributed by atoms with E-state index in [2.05, 4.69) is 20.9 Å². The van der Waals surface area contributed by atoms with Crippen molar-refractivity contribution in [2.75, 3.05) is 11.9 Å². The number of carbonyl (C=O) groups is 4. The highest BCUT2D eigenvalue weighted by Crippen LogP contribution is 2.24. The quantitative estimate of drug-likeness (QED) is 0.146. The third-order valence-electron chi connectivity index (χ3n) is 6.57. The minimum Gasteiger partial charge on any atom is -0.481 e. The second kappa shape index (κ2) is 18.4. The number of carbonyl (C=O) groups excluding carboxylic acids is 1. The molecule has 6 N–H and O–H groups in total. The molecule has 1 aliphatic rings. The molecule has 2 atom stereocenters. The van der Waals surface area contributed by atoms with Crippen LogP contribution in [-0.2, 0) is 32.1 Å². The number of benzene rings is 2. The van der Waals surface area contributed by atoms with Gasteiger partial charge in [-0.3, -0.25) is 9.59 Å². The van der Waals surface area contributed by atoms with Gasteiger partial charge in [-0.2, -0.15) is 26.3 Å². The number of nitrogens with one attached hydrogen (secondary N) is 3. The maximum atomic E-state index is 14.0. The number of aliphatic carboxylic acids is 3. The molecule has 2 heterocycles. The molecule has 3 aromatic rings. The van der Waals surface area contributed by atoms with Crippen molar-refractivity contribution in [3.05, 3.63) is 94.7 Å². The topological polar surface area (TPSA) is 178 Å². The van der Waals surface area contributed by atoms with Crippen LogP contribution >= 0.6 is 0 Å². The molecule has 4 rings (SSSR count). The van der Waals surface area contributed by atoms with Crippen LogP contribution in [0.5, 0.6) is 0 Å². The molecule has 272 valence electrons. The third-order valence-corrected chi connectivity index (χ3v) is 6.57. The third kappa shape index (κ3) is 14.4. The SMILES string of the molecule is O=C(O)C(F)(F)F.O=C(O)C(F)(F)F.O=C(O)CC(NC(=O)CC(NCc1ccc2c(n1)NCCC2)c1cccc(F)c1)c1cccc(F)c1. The average molecular weight is 723 g/mol. The summed E-state index contributed by atoms with van der Waals surface area (Å²) in [4.78, 5) is 46.8. The monoisotopic (exact) mass is 722 g/mol. The van der Waals surface area contributed by atoms with Gasteiger partial charge < -0.3 is 31.3 Å². The van der Waals surface area contributed by atoms with Crippen molar-refractivity contribution in [1.29, 1.82) is 0 Å². The first-order chi connectivity index (χ1) is 23.3. The van der Waals surface area contributed by atoms with Gasteiger partial charge in [-0.25, -0.2) is 23.4 Å². The molecule has 0 radical (unpaired) electrons. The number of hydrogen-bond acceptors (Lipinski definition) is 7. The highest BCUT2D eigenvalue weighted by atomic mass is 19.4. The standard InChI is InChI=1S/C27H28F2N4O3.2C2HF3O2/c28-20-7-1-4-18(12-20)23(31-16-22-10-9-17-6-3-11-30-27(17)32-22)14-25(34)33-24(15-26(35)36)19-5-2-8-21(29)13-19;2*3-2(4,5)1(6)7/h1-2,4-5,7-10,12-13,23-24,31H,3,6,11,14-16H2,(H,30,32)(H,33,34)(H,35,36);2*(H,6,7). The zero-order valence-electron chi connectivity index (χ0n) is 25.6. The fourth-order valence-corrected chi connectivity index (χ4v) is 4.32. The summed E-state index contributed by atoms with van der Waals surface area (Å²) in [5, 5.41) is 32.8. The number of carboxylic acids is 3. The Morgan fingerprint density at radius 3 is 1.78 bits per heavy atom. The molecule has 1 aliphatic heterocycles. The molecule has 0 spiro atoms. The molecule has 0 bridgehead atoms. The average Bonchev–Trinajstić information content (AvgIpc) is 3.02. The maximum Gasteiger partial charge on any atom is 0.490 e. The second-order valence-electron chi connectivity index (χ2n) is 10.4. The minimum atomic E-state index is -5.08. The molecule has 0 fully saturated rings. The van der Waals surface area contributed by atoms with Crippen LogP contribution in [0.1, 0.15) is 53.7 Å². The van der Waals surface area contributed by atoms with E-state index in [1.165, 1.54) is 30.3 Å². The van der Waals surface area contributed by atoms with Gasteiger partial charge in [-0.1, -0.05) is 30.3 Å². The van der Waals surface area contributed by atoms with Crippen molar-refractivity contribution in [3.8, 4) is 0 Å². The first-order valence-corrected chi connectivity index (χ1v) is 14.3. The van der Waals surface area contributed by atoms with Gasteiger partial charge in [0.2, 0.25) is 5.91 Å². The van der Waals surface area contributed by atoms with Gasteiger partial charge in [0, 0.05) is 25.6 Å². The highest BCUT2D eigenvalue weighted by molar-refractivity contribution is 5.78. The summed E-state index contributed by atoms with van der Waals surface area (Å²) in [5.74, 6) is -7.20. The summed E-state index contributed by atoms with van der Waals surface area (Å²) >= 11 is 0. The van der Waals surface area contributed by atoms with Gasteiger partial charge in [-0.15, -0.1) is 0 Å². The van der Waals surface area contributed by atoms with Crippen molar-refractivity contribution in [3.63, 3.8) is 0 Å². The number of rotatable bonds is 10. The number of pyridine rings is 1. The number of aromatic nitrogens is 1. The second-order valence-corrected chi connectivity index (χ2v) is 10.4. The highest BCUT2D eigenvalue weighted by Gasteiger charge is 2.39. The Kier molecular flexibility index (Phi) is 15.1. The number of anilines is 1. The van der Waals surface area contributed by atoms with E-state index in [-0.39, 0.29) is 6.42 Å². The van der Waals surface area contributed by atoms with Crippen LogP contribution < -0.4 is 16.0 Å². The molecule has 11 nitrogen and oxygen atoms in total. The van der Waals surface area contributed by atoms with Crippen LogP contribution in [0, 0.1) is 11.6 Å². The molecule has 2 aromatic carbocycles. The first kappa shape index (κ1) is 40.8. The van der Waals surface area contributed by atoms with E-state index >= 15 is 0 Å². The van der Waals surface area contributed by atoms with E-state index < -0.39 is 66.3 Å². The molecule has 0 aliphatic carbocycles. The number of alkyl halides is 6. The lowest BCUT2D eigenvalue weighted by Crippen LogP contribution is -2.34. The lowest BCUT2D eigenvalue weighted by Gasteiger charge is -2.23. The number of hydrogen-bond donors (Lipinski definition) is 6.